The van der Waals surface area contributed by atoms with Gasteiger partial charge in [-0.05, 0) is 70.2 Å². The Hall–Kier alpha value is -2.99. The van der Waals surface area contributed by atoms with Crippen molar-refractivity contribution in [3.05, 3.63) is 103 Å². The van der Waals surface area contributed by atoms with Gasteiger partial charge in [-0.15, -0.1) is 22.7 Å². The Balaban J connectivity index is 0.000000177. The lowest BCUT2D eigenvalue weighted by Gasteiger charge is -1.99. The number of methoxy groups -OCH3 is 1. The first-order chi connectivity index (χ1) is 20.5. The second-order valence-corrected chi connectivity index (χ2v) is 12.0. The number of aliphatic hydroxyl groups excluding tert-OH is 2. The van der Waals surface area contributed by atoms with Crippen LogP contribution in [0.1, 0.15) is 36.0 Å². The summed E-state index contributed by atoms with van der Waals surface area (Å²) < 4.78 is 6.90. The number of benzene rings is 3. The average molecular weight is 700 g/mol. The number of carboxylic acid groups (broad SMARTS) is 1. The van der Waals surface area contributed by atoms with Gasteiger partial charge in [0.25, 0.3) is 10.5 Å². The fourth-order valence-corrected chi connectivity index (χ4v) is 6.92. The van der Waals surface area contributed by atoms with Crippen LogP contribution in [0.4, 0.5) is 0 Å². The predicted octanol–water partition coefficient (Wildman–Crippen LogP) is 8.65. The lowest BCUT2D eigenvalue weighted by molar-refractivity contribution is -0.131. The van der Waals surface area contributed by atoms with Crippen LogP contribution >= 0.6 is 69.1 Å². The molecule has 3 aromatic carbocycles. The zero-order chi connectivity index (χ0) is 31.7. The Morgan fingerprint density at radius 2 is 1.42 bits per heavy atom. The van der Waals surface area contributed by atoms with Crippen molar-refractivity contribution >= 4 is 112 Å². The number of carboxylic acids is 1. The third kappa shape index (κ3) is 9.01. The number of carbonyl (C=O) groups is 3. The van der Waals surface area contributed by atoms with E-state index in [4.69, 9.17) is 66.5 Å². The highest BCUT2D eigenvalue weighted by molar-refractivity contribution is 7.23. The van der Waals surface area contributed by atoms with Crippen LogP contribution in [0.2, 0.25) is 10.0 Å². The molecule has 2 heterocycles. The molecule has 2 aromatic heterocycles. The zero-order valence-electron chi connectivity index (χ0n) is 22.1. The van der Waals surface area contributed by atoms with Crippen LogP contribution < -0.4 is 4.74 Å². The second-order valence-electron chi connectivity index (χ2n) is 8.44. The number of aliphatic carboxylic acids is 1. The van der Waals surface area contributed by atoms with E-state index in [-0.39, 0.29) is 13.2 Å². The van der Waals surface area contributed by atoms with Gasteiger partial charge < -0.3 is 20.1 Å². The molecule has 0 aliphatic rings. The first-order valence-corrected chi connectivity index (χ1v) is 15.2. The standard InChI is InChI=1S/2C10H6Cl2O2S.C10H10O3/c1-14-6-4-2-3-5-7(11)9(10(12)13)15-8(5)6;11-8-6-3-5(4-13)1-2-7(6)15-9(8)10(12)14;11-7-9-3-1-2-8(6-9)4-5-10(12)13/h2-4H,1H3;1-3,13H,4H2;1-6,11H,7H2,(H,12,13)/b;;5-4+. The summed E-state index contributed by atoms with van der Waals surface area (Å²) in [5.41, 5.74) is 2.30. The summed E-state index contributed by atoms with van der Waals surface area (Å²) in [6, 6.07) is 17.9. The molecule has 5 rings (SSSR count). The van der Waals surface area contributed by atoms with E-state index in [1.165, 1.54) is 28.7 Å². The lowest BCUT2D eigenvalue weighted by atomic mass is 10.1. The highest BCUT2D eigenvalue weighted by Gasteiger charge is 2.17. The van der Waals surface area contributed by atoms with Gasteiger partial charge in [-0.3, -0.25) is 9.59 Å². The largest absolute Gasteiger partial charge is 0.495 e. The van der Waals surface area contributed by atoms with Crippen LogP contribution in [-0.2, 0) is 18.0 Å². The lowest BCUT2D eigenvalue weighted by Crippen LogP contribution is -1.87. The molecule has 0 radical (unpaired) electrons. The first kappa shape index (κ1) is 34.5. The van der Waals surface area contributed by atoms with Crippen LogP contribution in [0, 0.1) is 0 Å². The van der Waals surface area contributed by atoms with Gasteiger partial charge in [0, 0.05) is 21.5 Å². The van der Waals surface area contributed by atoms with Crippen LogP contribution in [-0.4, -0.2) is 38.9 Å². The summed E-state index contributed by atoms with van der Waals surface area (Å²) in [5.74, 6) is -0.280. The van der Waals surface area contributed by atoms with Crippen molar-refractivity contribution in [3.8, 4) is 5.75 Å². The Kier molecular flexibility index (Phi) is 13.0. The summed E-state index contributed by atoms with van der Waals surface area (Å²) in [6.07, 6.45) is 2.55. The number of ether oxygens (including phenoxy) is 1. The molecule has 7 nitrogen and oxygen atoms in total. The minimum absolute atomic E-state index is 0.0330. The smallest absolute Gasteiger partial charge is 0.328 e. The number of fused-ring (bicyclic) bond motifs is 2. The molecular formula is C30H22Cl4O7S2. The van der Waals surface area contributed by atoms with E-state index >= 15 is 0 Å². The molecule has 0 fully saturated rings. The van der Waals surface area contributed by atoms with E-state index in [1.54, 1.807) is 43.5 Å². The molecule has 0 spiro atoms. The number of halogens is 4. The number of carbonyl (C=O) groups excluding carboxylic acids is 2. The van der Waals surface area contributed by atoms with Crippen molar-refractivity contribution in [2.75, 3.05) is 7.11 Å². The van der Waals surface area contributed by atoms with Gasteiger partial charge in [0.05, 0.1) is 35.1 Å². The molecule has 0 saturated heterocycles. The molecule has 0 amide bonds. The molecule has 224 valence electrons. The highest BCUT2D eigenvalue weighted by atomic mass is 35.5. The monoisotopic (exact) mass is 698 g/mol. The summed E-state index contributed by atoms with van der Waals surface area (Å²) in [4.78, 5) is 33.0. The van der Waals surface area contributed by atoms with Gasteiger partial charge >= 0.3 is 5.97 Å². The third-order valence-corrected chi connectivity index (χ3v) is 9.62. The van der Waals surface area contributed by atoms with E-state index in [0.717, 1.165) is 42.9 Å². The normalized spacial score (nSPS) is 10.7. The maximum Gasteiger partial charge on any atom is 0.328 e. The second kappa shape index (κ2) is 16.2. The summed E-state index contributed by atoms with van der Waals surface area (Å²) >= 11 is 25.3. The Morgan fingerprint density at radius 1 is 0.814 bits per heavy atom. The number of aliphatic hydroxyl groups is 2. The topological polar surface area (TPSA) is 121 Å². The molecule has 0 aliphatic carbocycles. The van der Waals surface area contributed by atoms with Crippen LogP contribution in [0.3, 0.4) is 0 Å². The minimum atomic E-state index is -0.977. The molecule has 5 aromatic rings. The molecule has 0 saturated carbocycles. The van der Waals surface area contributed by atoms with E-state index in [2.05, 4.69) is 0 Å². The molecular weight excluding hydrogens is 678 g/mol. The van der Waals surface area contributed by atoms with Crippen LogP contribution in [0.25, 0.3) is 26.2 Å². The molecule has 0 bridgehead atoms. The molecule has 0 aliphatic heterocycles. The third-order valence-electron chi connectivity index (χ3n) is 5.62. The van der Waals surface area contributed by atoms with Gasteiger partial charge in [-0.1, -0.05) is 59.6 Å². The van der Waals surface area contributed by atoms with E-state index < -0.39 is 16.5 Å². The fraction of sp³-hybridized carbons (Fsp3) is 0.100. The maximum absolute atomic E-state index is 11.1. The van der Waals surface area contributed by atoms with Gasteiger partial charge in [0.1, 0.15) is 15.5 Å². The van der Waals surface area contributed by atoms with Crippen LogP contribution in [0.5, 0.6) is 5.75 Å². The van der Waals surface area contributed by atoms with Gasteiger partial charge in [0.15, 0.2) is 0 Å². The molecule has 3 N–H and O–H groups in total. The van der Waals surface area contributed by atoms with E-state index in [1.807, 2.05) is 24.3 Å². The quantitative estimate of drug-likeness (QED) is 0.115. The summed E-state index contributed by atoms with van der Waals surface area (Å²) in [7, 11) is 1.57. The Morgan fingerprint density at radius 3 is 2.02 bits per heavy atom. The van der Waals surface area contributed by atoms with Crippen molar-refractivity contribution in [2.45, 2.75) is 13.2 Å². The fourth-order valence-electron chi connectivity index (χ4n) is 3.65. The molecule has 43 heavy (non-hydrogen) atoms. The number of hydrogen-bond acceptors (Lipinski definition) is 8. The SMILES string of the molecule is COc1cccc2c(Cl)c(C(=O)Cl)sc12.O=C(Cl)c1sc2ccc(CO)cc2c1Cl.O=C(O)/C=C/c1cccc(CO)c1. The van der Waals surface area contributed by atoms with Crippen LogP contribution in [0.15, 0.2) is 66.7 Å². The molecule has 0 atom stereocenters. The van der Waals surface area contributed by atoms with Crippen molar-refractivity contribution in [1.82, 2.24) is 0 Å². The first-order valence-electron chi connectivity index (χ1n) is 12.1. The predicted molar refractivity (Wildman–Crippen MR) is 176 cm³/mol. The summed E-state index contributed by atoms with van der Waals surface area (Å²) in [6.45, 7) is -0.0823. The van der Waals surface area contributed by atoms with Gasteiger partial charge in [-0.25, -0.2) is 4.79 Å². The zero-order valence-corrected chi connectivity index (χ0v) is 26.8. The average Bonchev–Trinajstić information content (AvgIpc) is 3.53. The number of thiophene rings is 2. The van der Waals surface area contributed by atoms with Gasteiger partial charge in [0.2, 0.25) is 0 Å². The molecule has 13 heteroatoms. The number of hydrogen-bond donors (Lipinski definition) is 3. The highest BCUT2D eigenvalue weighted by Crippen LogP contribution is 2.41. The van der Waals surface area contributed by atoms with Crippen molar-refractivity contribution in [1.29, 1.82) is 0 Å². The van der Waals surface area contributed by atoms with Crippen molar-refractivity contribution in [2.24, 2.45) is 0 Å². The molecule has 0 unspecified atom stereocenters. The van der Waals surface area contributed by atoms with Crippen molar-refractivity contribution < 1.29 is 34.4 Å². The Labute approximate surface area is 274 Å². The van der Waals surface area contributed by atoms with E-state index in [9.17, 15) is 14.4 Å². The number of rotatable bonds is 7. The maximum atomic E-state index is 11.1. The van der Waals surface area contributed by atoms with Crippen molar-refractivity contribution in [3.63, 3.8) is 0 Å². The minimum Gasteiger partial charge on any atom is -0.495 e. The Bertz CT molecular complexity index is 1810. The van der Waals surface area contributed by atoms with Gasteiger partial charge in [-0.2, -0.15) is 0 Å². The summed E-state index contributed by atoms with van der Waals surface area (Å²) in [5, 5.41) is 27.4. The van der Waals surface area contributed by atoms with E-state index in [0.29, 0.717) is 25.5 Å².